The molecule has 3 aromatic rings. The predicted octanol–water partition coefficient (Wildman–Crippen LogP) is 4.54. The number of aromatic nitrogens is 4. The SMILES string of the molecule is CCn1nc(C)c(F)c1C(=O)Nc1nc2cc(C(=O)OC)cc(SC)c2n1C/C=C/CNC(=O)OC(C)(C)C. The van der Waals surface area contributed by atoms with E-state index in [-0.39, 0.29) is 30.4 Å². The summed E-state index contributed by atoms with van der Waals surface area (Å²) < 4.78 is 27.9. The fourth-order valence-electron chi connectivity index (χ4n) is 3.78. The number of benzene rings is 1. The van der Waals surface area contributed by atoms with E-state index in [1.807, 2.05) is 6.26 Å². The van der Waals surface area contributed by atoms with E-state index < -0.39 is 29.4 Å². The molecule has 0 unspecified atom stereocenters. The maximum atomic E-state index is 14.7. The van der Waals surface area contributed by atoms with Gasteiger partial charge in [0.15, 0.2) is 11.5 Å². The van der Waals surface area contributed by atoms with Crippen LogP contribution in [-0.4, -0.2) is 62.8 Å². The van der Waals surface area contributed by atoms with Crippen molar-refractivity contribution >= 4 is 46.7 Å². The first-order valence-electron chi connectivity index (χ1n) is 12.2. The smallest absolute Gasteiger partial charge is 0.407 e. The summed E-state index contributed by atoms with van der Waals surface area (Å²) in [6.07, 6.45) is 4.83. The lowest BCUT2D eigenvalue weighted by atomic mass is 10.2. The highest BCUT2D eigenvalue weighted by molar-refractivity contribution is 7.98. The molecule has 2 heterocycles. The molecule has 0 radical (unpaired) electrons. The van der Waals surface area contributed by atoms with Crippen LogP contribution in [0.3, 0.4) is 0 Å². The molecule has 13 heteroatoms. The monoisotopic (exact) mass is 560 g/mol. The van der Waals surface area contributed by atoms with Crippen molar-refractivity contribution in [2.75, 3.05) is 25.2 Å². The van der Waals surface area contributed by atoms with Gasteiger partial charge < -0.3 is 19.4 Å². The summed E-state index contributed by atoms with van der Waals surface area (Å²) in [7, 11) is 1.29. The third-order valence-electron chi connectivity index (χ3n) is 5.46. The number of anilines is 1. The Kier molecular flexibility index (Phi) is 9.38. The molecule has 11 nitrogen and oxygen atoms in total. The van der Waals surface area contributed by atoms with E-state index in [9.17, 15) is 18.8 Å². The van der Waals surface area contributed by atoms with Crippen LogP contribution in [0.4, 0.5) is 15.1 Å². The molecule has 3 rings (SSSR count). The first kappa shape index (κ1) is 29.7. The van der Waals surface area contributed by atoms with E-state index in [0.717, 1.165) is 4.90 Å². The Balaban J connectivity index is 1.98. The van der Waals surface area contributed by atoms with Gasteiger partial charge in [-0.25, -0.2) is 19.0 Å². The number of nitrogens with zero attached hydrogens (tertiary/aromatic N) is 4. The Morgan fingerprint density at radius 2 is 1.92 bits per heavy atom. The third-order valence-corrected chi connectivity index (χ3v) is 6.21. The summed E-state index contributed by atoms with van der Waals surface area (Å²) >= 11 is 1.39. The molecular weight excluding hydrogens is 527 g/mol. The number of amides is 2. The lowest BCUT2D eigenvalue weighted by molar-refractivity contribution is 0.0532. The van der Waals surface area contributed by atoms with Crippen LogP contribution in [-0.2, 0) is 22.6 Å². The number of hydrogen-bond acceptors (Lipinski definition) is 8. The van der Waals surface area contributed by atoms with E-state index in [2.05, 4.69) is 20.7 Å². The van der Waals surface area contributed by atoms with Crippen molar-refractivity contribution < 1.29 is 28.2 Å². The van der Waals surface area contributed by atoms with Crippen LogP contribution >= 0.6 is 11.8 Å². The van der Waals surface area contributed by atoms with Crippen LogP contribution in [0.1, 0.15) is 54.2 Å². The molecule has 1 aromatic carbocycles. The third kappa shape index (κ3) is 6.96. The maximum absolute atomic E-state index is 14.7. The van der Waals surface area contributed by atoms with Gasteiger partial charge in [-0.2, -0.15) is 5.10 Å². The fourth-order valence-corrected chi connectivity index (χ4v) is 4.43. The largest absolute Gasteiger partial charge is 0.465 e. The average Bonchev–Trinajstić information content (AvgIpc) is 3.37. The van der Waals surface area contributed by atoms with E-state index in [1.165, 1.54) is 30.5 Å². The summed E-state index contributed by atoms with van der Waals surface area (Å²) in [5.41, 5.74) is 0.711. The molecule has 210 valence electrons. The summed E-state index contributed by atoms with van der Waals surface area (Å²) in [6.45, 7) is 9.34. The number of imidazole rings is 1. The Bertz CT molecular complexity index is 1420. The number of allylic oxidation sites excluding steroid dienone is 1. The molecule has 2 N–H and O–H groups in total. The summed E-state index contributed by atoms with van der Waals surface area (Å²) in [4.78, 5) is 42.6. The summed E-state index contributed by atoms with van der Waals surface area (Å²) in [5.74, 6) is -1.79. The minimum atomic E-state index is -0.707. The number of methoxy groups -OCH3 is 1. The molecule has 0 fully saturated rings. The van der Waals surface area contributed by atoms with Gasteiger partial charge in [0.05, 0.1) is 29.4 Å². The molecule has 0 saturated heterocycles. The second kappa shape index (κ2) is 12.3. The second-order valence-corrected chi connectivity index (χ2v) is 10.3. The van der Waals surface area contributed by atoms with Gasteiger partial charge in [-0.3, -0.25) is 14.8 Å². The van der Waals surface area contributed by atoms with Gasteiger partial charge in [0.2, 0.25) is 5.95 Å². The fraction of sp³-hybridized carbons (Fsp3) is 0.423. The van der Waals surface area contributed by atoms with Crippen LogP contribution in [0.5, 0.6) is 0 Å². The molecule has 0 aliphatic heterocycles. The zero-order valence-electron chi connectivity index (χ0n) is 23.0. The minimum Gasteiger partial charge on any atom is -0.465 e. The number of alkyl carbamates (subject to hydrolysis) is 1. The number of rotatable bonds is 9. The molecule has 2 aromatic heterocycles. The number of ether oxygens (including phenoxy) is 2. The van der Waals surface area contributed by atoms with Gasteiger partial charge in [0.1, 0.15) is 5.60 Å². The topological polar surface area (TPSA) is 129 Å². The highest BCUT2D eigenvalue weighted by Crippen LogP contribution is 2.31. The number of aryl methyl sites for hydroxylation is 2. The zero-order chi connectivity index (χ0) is 28.9. The lowest BCUT2D eigenvalue weighted by Gasteiger charge is -2.19. The number of nitrogens with one attached hydrogen (secondary N) is 2. The molecule has 0 spiro atoms. The molecule has 0 saturated carbocycles. The predicted molar refractivity (Wildman–Crippen MR) is 147 cm³/mol. The molecule has 0 atom stereocenters. The second-order valence-electron chi connectivity index (χ2n) is 9.46. The number of thioether (sulfide) groups is 1. The van der Waals surface area contributed by atoms with Crippen LogP contribution in [0, 0.1) is 12.7 Å². The number of hydrogen-bond donors (Lipinski definition) is 2. The summed E-state index contributed by atoms with van der Waals surface area (Å²) in [5, 5.41) is 9.43. The first-order chi connectivity index (χ1) is 18.4. The van der Waals surface area contributed by atoms with Crippen molar-refractivity contribution in [2.45, 2.75) is 58.2 Å². The first-order valence-corrected chi connectivity index (χ1v) is 13.4. The van der Waals surface area contributed by atoms with Crippen LogP contribution < -0.4 is 10.6 Å². The van der Waals surface area contributed by atoms with E-state index in [4.69, 9.17) is 9.47 Å². The van der Waals surface area contributed by atoms with E-state index >= 15 is 0 Å². The highest BCUT2D eigenvalue weighted by Gasteiger charge is 2.25. The van der Waals surface area contributed by atoms with E-state index in [0.29, 0.717) is 23.1 Å². The number of carbonyl (C=O) groups excluding carboxylic acids is 3. The Labute approximate surface area is 230 Å². The van der Waals surface area contributed by atoms with Crippen molar-refractivity contribution in [3.63, 3.8) is 0 Å². The van der Waals surface area contributed by atoms with Crippen LogP contribution in [0.2, 0.25) is 0 Å². The van der Waals surface area contributed by atoms with Crippen molar-refractivity contribution in [3.8, 4) is 0 Å². The number of fused-ring (bicyclic) bond motifs is 1. The molecule has 0 aliphatic rings. The molecule has 2 amide bonds. The molecular formula is C26H33FN6O5S. The van der Waals surface area contributed by atoms with Gasteiger partial charge in [-0.15, -0.1) is 11.8 Å². The molecule has 0 bridgehead atoms. The van der Waals surface area contributed by atoms with Gasteiger partial charge >= 0.3 is 12.1 Å². The quantitative estimate of drug-likeness (QED) is 0.222. The highest BCUT2D eigenvalue weighted by atomic mass is 32.2. The van der Waals surface area contributed by atoms with Crippen LogP contribution in [0.15, 0.2) is 29.2 Å². The standard InChI is InChI=1S/C26H33FN6O5S/c1-8-33-21(19(27)15(2)31-33)22(34)30-24-29-17-13-16(23(35)37-6)14-18(39-7)20(17)32(24)12-10-9-11-28-25(36)38-26(3,4)5/h9-10,13-14H,8,11-12H2,1-7H3,(H,28,36)(H,29,30,34)/b10-9+. The normalized spacial score (nSPS) is 11.7. The Morgan fingerprint density at radius 3 is 2.54 bits per heavy atom. The van der Waals surface area contributed by atoms with Crippen LogP contribution in [0.25, 0.3) is 11.0 Å². The number of esters is 1. The Hall–Kier alpha value is -3.87. The maximum Gasteiger partial charge on any atom is 0.407 e. The van der Waals surface area contributed by atoms with Crippen molar-refractivity contribution in [1.29, 1.82) is 0 Å². The minimum absolute atomic E-state index is 0.114. The van der Waals surface area contributed by atoms with Gasteiger partial charge in [0.25, 0.3) is 5.91 Å². The van der Waals surface area contributed by atoms with Crippen molar-refractivity contribution in [1.82, 2.24) is 24.6 Å². The van der Waals surface area contributed by atoms with Gasteiger partial charge in [-0.1, -0.05) is 12.2 Å². The van der Waals surface area contributed by atoms with E-state index in [1.54, 1.807) is 56.5 Å². The Morgan fingerprint density at radius 1 is 1.21 bits per heavy atom. The van der Waals surface area contributed by atoms with Crippen molar-refractivity contribution in [3.05, 3.63) is 47.1 Å². The summed E-state index contributed by atoms with van der Waals surface area (Å²) in [6, 6.07) is 3.26. The van der Waals surface area contributed by atoms with Crippen molar-refractivity contribution in [2.24, 2.45) is 0 Å². The zero-order valence-corrected chi connectivity index (χ0v) is 23.9. The molecule has 0 aliphatic carbocycles. The van der Waals surface area contributed by atoms with Gasteiger partial charge in [0, 0.05) is 24.5 Å². The average molecular weight is 561 g/mol. The molecule has 39 heavy (non-hydrogen) atoms. The van der Waals surface area contributed by atoms with Gasteiger partial charge in [-0.05, 0) is 53.0 Å². The number of halogens is 1. The lowest BCUT2D eigenvalue weighted by Crippen LogP contribution is -2.32. The number of carbonyl (C=O) groups is 3.